The van der Waals surface area contributed by atoms with Gasteiger partial charge in [-0.1, -0.05) is 32.9 Å². The van der Waals surface area contributed by atoms with Gasteiger partial charge in [-0.15, -0.1) is 0 Å². The van der Waals surface area contributed by atoms with Crippen molar-refractivity contribution in [2.75, 3.05) is 19.0 Å². The molecule has 0 aliphatic heterocycles. The number of hydrogen-bond donors (Lipinski definition) is 1. The summed E-state index contributed by atoms with van der Waals surface area (Å²) in [6.45, 7) is 7.51. The maximum atomic E-state index is 5.46. The number of nitrogens with one attached hydrogen (secondary N) is 1. The van der Waals surface area contributed by atoms with Gasteiger partial charge in [0.25, 0.3) is 0 Å². The first kappa shape index (κ1) is 15.4. The molecule has 0 unspecified atom stereocenters. The average Bonchev–Trinajstić information content (AvgIpc) is 2.86. The van der Waals surface area contributed by atoms with Crippen molar-refractivity contribution in [1.82, 2.24) is 9.78 Å². The second-order valence-corrected chi connectivity index (χ2v) is 5.63. The summed E-state index contributed by atoms with van der Waals surface area (Å²) in [4.78, 5) is 0. The maximum absolute atomic E-state index is 5.46. The van der Waals surface area contributed by atoms with E-state index in [1.54, 1.807) is 7.11 Å². The van der Waals surface area contributed by atoms with Gasteiger partial charge in [-0.3, -0.25) is 0 Å². The van der Waals surface area contributed by atoms with E-state index >= 15 is 0 Å². The molecule has 1 N–H and O–H groups in total. The van der Waals surface area contributed by atoms with Crippen molar-refractivity contribution in [2.45, 2.75) is 33.6 Å². The zero-order valence-electron chi connectivity index (χ0n) is 13.4. The maximum Gasteiger partial charge on any atom is 0.144 e. The lowest BCUT2D eigenvalue weighted by Crippen LogP contribution is -2.08. The Kier molecular flexibility index (Phi) is 5.26. The van der Waals surface area contributed by atoms with Crippen LogP contribution in [0.3, 0.4) is 0 Å². The Labute approximate surface area is 127 Å². The predicted molar refractivity (Wildman–Crippen MR) is 87.4 cm³/mol. The number of ether oxygens (including phenoxy) is 1. The third kappa shape index (κ3) is 3.78. The van der Waals surface area contributed by atoms with Crippen LogP contribution in [-0.2, 0) is 6.42 Å². The van der Waals surface area contributed by atoms with Crippen LogP contribution in [0, 0.1) is 5.92 Å². The topological polar surface area (TPSA) is 39.1 Å². The van der Waals surface area contributed by atoms with Crippen molar-refractivity contribution < 1.29 is 4.74 Å². The number of para-hydroxylation sites is 2. The van der Waals surface area contributed by atoms with E-state index in [4.69, 9.17) is 9.84 Å². The van der Waals surface area contributed by atoms with Gasteiger partial charge < -0.3 is 10.1 Å². The van der Waals surface area contributed by atoms with Crippen molar-refractivity contribution in [3.05, 3.63) is 36.0 Å². The van der Waals surface area contributed by atoms with Crippen LogP contribution in [-0.4, -0.2) is 23.4 Å². The first-order chi connectivity index (χ1) is 10.2. The van der Waals surface area contributed by atoms with Crippen LogP contribution in [0.25, 0.3) is 5.69 Å². The van der Waals surface area contributed by atoms with Gasteiger partial charge >= 0.3 is 0 Å². The molecule has 0 aliphatic carbocycles. The fraction of sp³-hybridized carbons (Fsp3) is 0.471. The molecule has 0 amide bonds. The number of aromatic nitrogens is 2. The number of anilines is 1. The monoisotopic (exact) mass is 287 g/mol. The van der Waals surface area contributed by atoms with E-state index in [-0.39, 0.29) is 0 Å². The normalized spacial score (nSPS) is 10.9. The van der Waals surface area contributed by atoms with Crippen LogP contribution in [0.2, 0.25) is 0 Å². The highest BCUT2D eigenvalue weighted by Gasteiger charge is 2.13. The highest BCUT2D eigenvalue weighted by atomic mass is 16.5. The summed E-state index contributed by atoms with van der Waals surface area (Å²) in [5.41, 5.74) is 2.07. The van der Waals surface area contributed by atoms with Crippen molar-refractivity contribution in [3.8, 4) is 11.4 Å². The number of nitrogens with zero attached hydrogens (tertiary/aromatic N) is 2. The van der Waals surface area contributed by atoms with Crippen LogP contribution in [0.5, 0.6) is 5.75 Å². The highest BCUT2D eigenvalue weighted by Crippen LogP contribution is 2.26. The zero-order valence-corrected chi connectivity index (χ0v) is 13.4. The predicted octanol–water partition coefficient (Wildman–Crippen LogP) is 3.90. The molecule has 0 bridgehead atoms. The molecule has 0 spiro atoms. The first-order valence-corrected chi connectivity index (χ1v) is 7.62. The number of rotatable bonds is 7. The van der Waals surface area contributed by atoms with E-state index < -0.39 is 0 Å². The van der Waals surface area contributed by atoms with Crippen LogP contribution < -0.4 is 10.1 Å². The Balaban J connectivity index is 2.41. The largest absolute Gasteiger partial charge is 0.494 e. The Morgan fingerprint density at radius 1 is 1.29 bits per heavy atom. The zero-order chi connectivity index (χ0) is 15.2. The van der Waals surface area contributed by atoms with Gasteiger partial charge in [0, 0.05) is 12.6 Å². The molecule has 114 valence electrons. The van der Waals surface area contributed by atoms with E-state index in [9.17, 15) is 0 Å². The molecule has 0 saturated heterocycles. The van der Waals surface area contributed by atoms with Crippen molar-refractivity contribution in [2.24, 2.45) is 5.92 Å². The number of methoxy groups -OCH3 is 1. The Morgan fingerprint density at radius 2 is 2.05 bits per heavy atom. The van der Waals surface area contributed by atoms with Crippen molar-refractivity contribution >= 4 is 5.82 Å². The molecule has 2 aromatic rings. The second-order valence-electron chi connectivity index (χ2n) is 5.63. The lowest BCUT2D eigenvalue weighted by Gasteiger charge is -2.12. The summed E-state index contributed by atoms with van der Waals surface area (Å²) in [6, 6.07) is 10.1. The molecular formula is C17H25N3O. The molecule has 0 atom stereocenters. The quantitative estimate of drug-likeness (QED) is 0.839. The molecule has 0 aliphatic rings. The van der Waals surface area contributed by atoms with E-state index in [0.29, 0.717) is 5.92 Å². The van der Waals surface area contributed by atoms with Gasteiger partial charge in [-0.25, -0.2) is 4.68 Å². The molecule has 0 saturated carbocycles. The summed E-state index contributed by atoms with van der Waals surface area (Å²) in [7, 11) is 1.69. The second kappa shape index (κ2) is 7.16. The van der Waals surface area contributed by atoms with E-state index in [1.165, 1.54) is 0 Å². The van der Waals surface area contributed by atoms with Crippen molar-refractivity contribution in [1.29, 1.82) is 0 Å². The third-order valence-electron chi connectivity index (χ3n) is 3.25. The smallest absolute Gasteiger partial charge is 0.144 e. The van der Waals surface area contributed by atoms with Crippen LogP contribution in [0.1, 0.15) is 32.9 Å². The SMILES string of the molecule is CCCNc1cc(CC(C)C)nn1-c1ccccc1OC. The van der Waals surface area contributed by atoms with Crippen LogP contribution in [0.4, 0.5) is 5.82 Å². The summed E-state index contributed by atoms with van der Waals surface area (Å²) in [6.07, 6.45) is 2.06. The van der Waals surface area contributed by atoms with Gasteiger partial charge in [-0.05, 0) is 30.9 Å². The number of hydrogen-bond acceptors (Lipinski definition) is 3. The highest BCUT2D eigenvalue weighted by molar-refractivity contribution is 5.53. The van der Waals surface area contributed by atoms with Crippen LogP contribution in [0.15, 0.2) is 30.3 Å². The van der Waals surface area contributed by atoms with Gasteiger partial charge in [0.2, 0.25) is 0 Å². The van der Waals surface area contributed by atoms with Gasteiger partial charge in [-0.2, -0.15) is 5.10 Å². The molecule has 0 fully saturated rings. The minimum absolute atomic E-state index is 0.588. The van der Waals surface area contributed by atoms with Crippen molar-refractivity contribution in [3.63, 3.8) is 0 Å². The summed E-state index contributed by atoms with van der Waals surface area (Å²) in [5, 5.41) is 8.21. The van der Waals surface area contributed by atoms with E-state index in [0.717, 1.165) is 42.3 Å². The molecule has 1 aromatic carbocycles. The minimum atomic E-state index is 0.588. The minimum Gasteiger partial charge on any atom is -0.494 e. The standard InChI is InChI=1S/C17H25N3O/c1-5-10-18-17-12-14(11-13(2)3)19-20(17)15-8-6-7-9-16(15)21-4/h6-9,12-13,18H,5,10-11H2,1-4H3. The lowest BCUT2D eigenvalue weighted by molar-refractivity contribution is 0.411. The third-order valence-corrected chi connectivity index (χ3v) is 3.25. The van der Waals surface area contributed by atoms with Gasteiger partial charge in [0.05, 0.1) is 12.8 Å². The molecule has 4 heteroatoms. The summed E-state index contributed by atoms with van der Waals surface area (Å²) in [5.74, 6) is 2.44. The van der Waals surface area contributed by atoms with Gasteiger partial charge in [0.15, 0.2) is 0 Å². The van der Waals surface area contributed by atoms with Gasteiger partial charge in [0.1, 0.15) is 17.3 Å². The average molecular weight is 287 g/mol. The van der Waals surface area contributed by atoms with E-state index in [1.807, 2.05) is 28.9 Å². The van der Waals surface area contributed by atoms with Crippen LogP contribution >= 0.6 is 0 Å². The molecule has 1 aromatic heterocycles. The van der Waals surface area contributed by atoms with E-state index in [2.05, 4.69) is 32.2 Å². The molecular weight excluding hydrogens is 262 g/mol. The molecule has 2 rings (SSSR count). The summed E-state index contributed by atoms with van der Waals surface area (Å²) < 4.78 is 7.41. The fourth-order valence-electron chi connectivity index (χ4n) is 2.32. The molecule has 1 heterocycles. The molecule has 21 heavy (non-hydrogen) atoms. The first-order valence-electron chi connectivity index (χ1n) is 7.62. The fourth-order valence-corrected chi connectivity index (χ4v) is 2.32. The molecule has 0 radical (unpaired) electrons. The number of benzene rings is 1. The molecule has 4 nitrogen and oxygen atoms in total. The Morgan fingerprint density at radius 3 is 2.71 bits per heavy atom. The Hall–Kier alpha value is -1.97. The Bertz CT molecular complexity index is 575. The lowest BCUT2D eigenvalue weighted by atomic mass is 10.1. The summed E-state index contributed by atoms with van der Waals surface area (Å²) >= 11 is 0.